The van der Waals surface area contributed by atoms with Crippen LogP contribution in [-0.4, -0.2) is 41.6 Å². The van der Waals surface area contributed by atoms with Crippen molar-refractivity contribution in [2.45, 2.75) is 19.8 Å². The fourth-order valence-electron chi connectivity index (χ4n) is 3.02. The molecule has 0 aliphatic carbocycles. The van der Waals surface area contributed by atoms with Gasteiger partial charge in [-0.25, -0.2) is 0 Å². The molecule has 0 bridgehead atoms. The lowest BCUT2D eigenvalue weighted by Gasteiger charge is -2.31. The Kier molecular flexibility index (Phi) is 5.78. The maximum absolute atomic E-state index is 12.2. The van der Waals surface area contributed by atoms with Crippen LogP contribution in [0.2, 0.25) is 0 Å². The lowest BCUT2D eigenvalue weighted by molar-refractivity contribution is -0.125. The van der Waals surface area contributed by atoms with Crippen LogP contribution in [0.15, 0.2) is 42.5 Å². The van der Waals surface area contributed by atoms with Gasteiger partial charge in [0.05, 0.1) is 0 Å². The number of nitrogens with one attached hydrogen (secondary N) is 2. The predicted molar refractivity (Wildman–Crippen MR) is 100 cm³/mol. The van der Waals surface area contributed by atoms with Gasteiger partial charge in [-0.05, 0) is 44.0 Å². The van der Waals surface area contributed by atoms with E-state index in [1.165, 1.54) is 0 Å². The van der Waals surface area contributed by atoms with E-state index in [0.29, 0.717) is 6.54 Å². The largest absolute Gasteiger partial charge is 0.356 e. The summed E-state index contributed by atoms with van der Waals surface area (Å²) >= 11 is 0. The molecule has 1 aliphatic heterocycles. The van der Waals surface area contributed by atoms with Crippen molar-refractivity contribution < 1.29 is 9.59 Å². The number of para-hydroxylation sites is 1. The van der Waals surface area contributed by atoms with Gasteiger partial charge in [0.15, 0.2) is 11.5 Å². The Morgan fingerprint density at radius 1 is 1.08 bits per heavy atom. The zero-order chi connectivity index (χ0) is 18.4. The van der Waals surface area contributed by atoms with E-state index in [4.69, 9.17) is 0 Å². The van der Waals surface area contributed by atoms with E-state index in [1.807, 2.05) is 37.3 Å². The maximum atomic E-state index is 12.2. The van der Waals surface area contributed by atoms with Crippen molar-refractivity contribution in [2.24, 2.45) is 5.92 Å². The molecule has 0 unspecified atom stereocenters. The van der Waals surface area contributed by atoms with Crippen LogP contribution in [-0.2, 0) is 4.79 Å². The fourth-order valence-corrected chi connectivity index (χ4v) is 3.02. The number of anilines is 2. The molecular weight excluding hydrogens is 330 g/mol. The Hall–Kier alpha value is -2.96. The molecule has 0 atom stereocenters. The second kappa shape index (κ2) is 8.42. The van der Waals surface area contributed by atoms with E-state index < -0.39 is 0 Å². The summed E-state index contributed by atoms with van der Waals surface area (Å²) in [6, 6.07) is 12.7. The molecule has 0 spiro atoms. The summed E-state index contributed by atoms with van der Waals surface area (Å²) in [4.78, 5) is 26.2. The maximum Gasteiger partial charge on any atom is 0.276 e. The van der Waals surface area contributed by atoms with Crippen LogP contribution < -0.4 is 15.5 Å². The van der Waals surface area contributed by atoms with Crippen LogP contribution >= 0.6 is 0 Å². The number of nitrogens with zero attached hydrogens (tertiary/aromatic N) is 3. The van der Waals surface area contributed by atoms with Gasteiger partial charge in [0.1, 0.15) is 0 Å². The first-order valence-corrected chi connectivity index (χ1v) is 8.90. The molecule has 26 heavy (non-hydrogen) atoms. The molecule has 2 heterocycles. The average molecular weight is 353 g/mol. The highest BCUT2D eigenvalue weighted by atomic mass is 16.2. The number of benzene rings is 1. The molecular formula is C19H23N5O2. The number of aromatic nitrogens is 2. The highest BCUT2D eigenvalue weighted by Crippen LogP contribution is 2.21. The normalized spacial score (nSPS) is 14.7. The van der Waals surface area contributed by atoms with E-state index in [-0.39, 0.29) is 23.4 Å². The molecule has 1 aromatic carbocycles. The van der Waals surface area contributed by atoms with Crippen LogP contribution in [0.4, 0.5) is 11.5 Å². The van der Waals surface area contributed by atoms with Crippen molar-refractivity contribution in [1.29, 1.82) is 0 Å². The smallest absolute Gasteiger partial charge is 0.276 e. The molecule has 1 fully saturated rings. The fraction of sp³-hybridized carbons (Fsp3) is 0.368. The average Bonchev–Trinajstić information content (AvgIpc) is 2.69. The summed E-state index contributed by atoms with van der Waals surface area (Å²) < 4.78 is 0. The molecule has 7 nitrogen and oxygen atoms in total. The third-order valence-electron chi connectivity index (χ3n) is 4.46. The third-order valence-corrected chi connectivity index (χ3v) is 4.46. The third kappa shape index (κ3) is 4.36. The zero-order valence-electron chi connectivity index (χ0n) is 14.8. The van der Waals surface area contributed by atoms with E-state index in [2.05, 4.69) is 25.7 Å². The van der Waals surface area contributed by atoms with Gasteiger partial charge >= 0.3 is 0 Å². The molecule has 0 saturated carbocycles. The first-order valence-electron chi connectivity index (χ1n) is 8.90. The van der Waals surface area contributed by atoms with Crippen molar-refractivity contribution >= 4 is 23.3 Å². The Bertz CT molecular complexity index is 740. The molecule has 3 rings (SSSR count). The SMILES string of the molecule is CCNC(=O)C1CCN(c2ccc(C(=O)Nc3ccccc3)nn2)CC1. The quantitative estimate of drug-likeness (QED) is 0.859. The Balaban J connectivity index is 1.56. The molecule has 0 radical (unpaired) electrons. The summed E-state index contributed by atoms with van der Waals surface area (Å²) in [6.07, 6.45) is 1.59. The molecule has 2 amide bonds. The van der Waals surface area contributed by atoms with Crippen LogP contribution in [0.25, 0.3) is 0 Å². The molecule has 1 aromatic heterocycles. The standard InChI is InChI=1S/C19H23N5O2/c1-2-20-18(25)14-10-12-24(13-11-14)17-9-8-16(22-23-17)19(26)21-15-6-4-3-5-7-15/h3-9,14H,2,10-13H2,1H3,(H,20,25)(H,21,26). The summed E-state index contributed by atoms with van der Waals surface area (Å²) in [6.45, 7) is 4.10. The lowest BCUT2D eigenvalue weighted by Crippen LogP contribution is -2.40. The topological polar surface area (TPSA) is 87.2 Å². The monoisotopic (exact) mass is 353 g/mol. The number of hydrogen-bond acceptors (Lipinski definition) is 5. The number of hydrogen-bond donors (Lipinski definition) is 2. The van der Waals surface area contributed by atoms with Crippen molar-refractivity contribution in [3.05, 3.63) is 48.2 Å². The summed E-state index contributed by atoms with van der Waals surface area (Å²) in [5.41, 5.74) is 0.991. The molecule has 2 aromatic rings. The van der Waals surface area contributed by atoms with Crippen LogP contribution in [0.1, 0.15) is 30.3 Å². The Morgan fingerprint density at radius 3 is 2.42 bits per heavy atom. The molecule has 1 saturated heterocycles. The van der Waals surface area contributed by atoms with Gasteiger partial charge in [0, 0.05) is 31.2 Å². The molecule has 7 heteroatoms. The minimum absolute atomic E-state index is 0.0649. The second-order valence-corrected chi connectivity index (χ2v) is 6.25. The molecule has 2 N–H and O–H groups in total. The lowest BCUT2D eigenvalue weighted by atomic mass is 9.96. The minimum Gasteiger partial charge on any atom is -0.356 e. The summed E-state index contributed by atoms with van der Waals surface area (Å²) in [5.74, 6) is 0.641. The van der Waals surface area contributed by atoms with E-state index in [0.717, 1.165) is 37.4 Å². The van der Waals surface area contributed by atoms with Gasteiger partial charge < -0.3 is 15.5 Å². The van der Waals surface area contributed by atoms with Gasteiger partial charge in [0.25, 0.3) is 5.91 Å². The number of rotatable bonds is 5. The van der Waals surface area contributed by atoms with E-state index >= 15 is 0 Å². The van der Waals surface area contributed by atoms with E-state index in [9.17, 15) is 9.59 Å². The van der Waals surface area contributed by atoms with E-state index in [1.54, 1.807) is 12.1 Å². The second-order valence-electron chi connectivity index (χ2n) is 6.25. The van der Waals surface area contributed by atoms with Crippen LogP contribution in [0.5, 0.6) is 0 Å². The minimum atomic E-state index is -0.287. The Morgan fingerprint density at radius 2 is 1.81 bits per heavy atom. The van der Waals surface area contributed by atoms with Crippen molar-refractivity contribution in [1.82, 2.24) is 15.5 Å². The predicted octanol–water partition coefficient (Wildman–Crippen LogP) is 2.08. The highest BCUT2D eigenvalue weighted by Gasteiger charge is 2.25. The van der Waals surface area contributed by atoms with Gasteiger partial charge in [-0.1, -0.05) is 18.2 Å². The van der Waals surface area contributed by atoms with Crippen molar-refractivity contribution in [3.8, 4) is 0 Å². The first-order chi connectivity index (χ1) is 12.7. The highest BCUT2D eigenvalue weighted by molar-refractivity contribution is 6.02. The van der Waals surface area contributed by atoms with Gasteiger partial charge in [0.2, 0.25) is 5.91 Å². The van der Waals surface area contributed by atoms with Crippen molar-refractivity contribution in [2.75, 3.05) is 29.9 Å². The summed E-state index contributed by atoms with van der Waals surface area (Å²) in [5, 5.41) is 13.9. The van der Waals surface area contributed by atoms with Crippen molar-refractivity contribution in [3.63, 3.8) is 0 Å². The Labute approximate surface area is 152 Å². The van der Waals surface area contributed by atoms with Crippen LogP contribution in [0, 0.1) is 5.92 Å². The van der Waals surface area contributed by atoms with Crippen LogP contribution in [0.3, 0.4) is 0 Å². The van der Waals surface area contributed by atoms with Gasteiger partial charge in [-0.15, -0.1) is 10.2 Å². The molecule has 136 valence electrons. The number of carbonyl (C=O) groups excluding carboxylic acids is 2. The van der Waals surface area contributed by atoms with Gasteiger partial charge in [-0.3, -0.25) is 9.59 Å². The number of carbonyl (C=O) groups is 2. The van der Waals surface area contributed by atoms with Gasteiger partial charge in [-0.2, -0.15) is 0 Å². The number of amides is 2. The number of piperidine rings is 1. The molecule has 1 aliphatic rings. The first kappa shape index (κ1) is 17.8. The summed E-state index contributed by atoms with van der Waals surface area (Å²) in [7, 11) is 0. The zero-order valence-corrected chi connectivity index (χ0v) is 14.8.